The van der Waals surface area contributed by atoms with Gasteiger partial charge in [-0.25, -0.2) is 14.1 Å². The molecule has 5 heteroatoms. The lowest BCUT2D eigenvalue weighted by atomic mass is 10.0. The number of hydrogen-bond acceptors (Lipinski definition) is 3. The van der Waals surface area contributed by atoms with Crippen LogP contribution in [0, 0.1) is 0 Å². The molecule has 0 aliphatic carbocycles. The second kappa shape index (κ2) is 4.72. The number of nitrogens with zero attached hydrogens (tertiary/aromatic N) is 3. The zero-order chi connectivity index (χ0) is 12.5. The standard InChI is InChI=1S/C13H14FN3S/c1-9-7-11(10-5-3-2-4-6-10)17-12(9)15-13(16-17)18-8-14/h2-6,9,11H,7-8H2,1H3/t9-,11-/m0/s1. The van der Waals surface area contributed by atoms with E-state index in [0.29, 0.717) is 11.1 Å². The monoisotopic (exact) mass is 263 g/mol. The van der Waals surface area contributed by atoms with Gasteiger partial charge in [-0.05, 0) is 12.0 Å². The van der Waals surface area contributed by atoms with Gasteiger partial charge in [0.2, 0.25) is 5.16 Å². The molecule has 0 saturated carbocycles. The van der Waals surface area contributed by atoms with Gasteiger partial charge in [-0.1, -0.05) is 49.0 Å². The van der Waals surface area contributed by atoms with E-state index in [0.717, 1.165) is 24.0 Å². The molecule has 0 amide bonds. The van der Waals surface area contributed by atoms with E-state index in [1.165, 1.54) is 5.56 Å². The Kier molecular flexibility index (Phi) is 3.07. The minimum absolute atomic E-state index is 0.234. The van der Waals surface area contributed by atoms with Crippen LogP contribution in [0.3, 0.4) is 0 Å². The maximum Gasteiger partial charge on any atom is 0.211 e. The smallest absolute Gasteiger partial charge is 0.211 e. The van der Waals surface area contributed by atoms with Crippen molar-refractivity contribution in [3.63, 3.8) is 0 Å². The van der Waals surface area contributed by atoms with Crippen LogP contribution in [0.1, 0.15) is 36.7 Å². The number of alkyl halides is 1. The van der Waals surface area contributed by atoms with Crippen molar-refractivity contribution in [1.82, 2.24) is 14.8 Å². The molecule has 1 aliphatic heterocycles. The fraction of sp³-hybridized carbons (Fsp3) is 0.385. The van der Waals surface area contributed by atoms with E-state index in [4.69, 9.17) is 0 Å². The third-order valence-corrected chi connectivity index (χ3v) is 3.86. The predicted molar refractivity (Wildman–Crippen MR) is 69.5 cm³/mol. The van der Waals surface area contributed by atoms with Gasteiger partial charge in [-0.3, -0.25) is 0 Å². The minimum atomic E-state index is -0.478. The molecule has 94 valence electrons. The highest BCUT2D eigenvalue weighted by atomic mass is 32.2. The molecule has 0 unspecified atom stereocenters. The summed E-state index contributed by atoms with van der Waals surface area (Å²) in [6.07, 6.45) is 1.01. The lowest BCUT2D eigenvalue weighted by molar-refractivity contribution is 0.530. The summed E-state index contributed by atoms with van der Waals surface area (Å²) in [4.78, 5) is 4.41. The third kappa shape index (κ3) is 1.92. The molecule has 0 N–H and O–H groups in total. The van der Waals surface area contributed by atoms with Crippen molar-refractivity contribution < 1.29 is 4.39 Å². The summed E-state index contributed by atoms with van der Waals surface area (Å²) in [5, 5.41) is 4.96. The quantitative estimate of drug-likeness (QED) is 0.795. The van der Waals surface area contributed by atoms with Crippen LogP contribution in [0.5, 0.6) is 0 Å². The van der Waals surface area contributed by atoms with Crippen LogP contribution in [0.4, 0.5) is 4.39 Å². The Bertz CT molecular complexity index is 540. The molecule has 0 radical (unpaired) electrons. The van der Waals surface area contributed by atoms with Crippen LogP contribution in [0.2, 0.25) is 0 Å². The van der Waals surface area contributed by atoms with E-state index in [1.54, 1.807) is 0 Å². The van der Waals surface area contributed by atoms with Gasteiger partial charge in [0.1, 0.15) is 11.8 Å². The SMILES string of the molecule is C[C@H]1C[C@@H](c2ccccc2)n2nc(SCF)nc21. The average Bonchev–Trinajstić information content (AvgIpc) is 2.92. The van der Waals surface area contributed by atoms with E-state index in [-0.39, 0.29) is 6.04 Å². The van der Waals surface area contributed by atoms with Crippen LogP contribution in [-0.4, -0.2) is 20.8 Å². The first kappa shape index (κ1) is 11.7. The van der Waals surface area contributed by atoms with Crippen LogP contribution in [0.25, 0.3) is 0 Å². The zero-order valence-electron chi connectivity index (χ0n) is 10.1. The summed E-state index contributed by atoms with van der Waals surface area (Å²) in [6, 6.07) is 10.0. The Hall–Kier alpha value is -1.36. The first-order valence-corrected chi connectivity index (χ1v) is 6.98. The molecule has 1 aromatic heterocycles. The van der Waals surface area contributed by atoms with Gasteiger partial charge >= 0.3 is 0 Å². The molecule has 0 bridgehead atoms. The fourth-order valence-electron chi connectivity index (χ4n) is 2.48. The summed E-state index contributed by atoms with van der Waals surface area (Å²) in [5.41, 5.74) is 1.24. The zero-order valence-corrected chi connectivity index (χ0v) is 10.9. The van der Waals surface area contributed by atoms with E-state index < -0.39 is 6.01 Å². The number of halogens is 1. The molecule has 0 spiro atoms. The number of rotatable bonds is 3. The Morgan fingerprint density at radius 3 is 2.89 bits per heavy atom. The van der Waals surface area contributed by atoms with E-state index in [9.17, 15) is 4.39 Å². The van der Waals surface area contributed by atoms with Crippen LogP contribution < -0.4 is 0 Å². The fourth-order valence-corrected chi connectivity index (χ4v) is 2.88. The van der Waals surface area contributed by atoms with Gasteiger partial charge in [0.05, 0.1) is 6.04 Å². The average molecular weight is 263 g/mol. The van der Waals surface area contributed by atoms with Gasteiger partial charge in [0, 0.05) is 5.92 Å². The van der Waals surface area contributed by atoms with Crippen LogP contribution in [-0.2, 0) is 0 Å². The summed E-state index contributed by atoms with van der Waals surface area (Å²) in [6.45, 7) is 2.15. The molecule has 18 heavy (non-hydrogen) atoms. The van der Waals surface area contributed by atoms with Gasteiger partial charge < -0.3 is 0 Å². The maximum atomic E-state index is 12.3. The first-order chi connectivity index (χ1) is 8.79. The number of hydrogen-bond donors (Lipinski definition) is 0. The van der Waals surface area contributed by atoms with Crippen molar-refractivity contribution in [3.05, 3.63) is 41.7 Å². The predicted octanol–water partition coefficient (Wildman–Crippen LogP) is 3.39. The minimum Gasteiger partial charge on any atom is -0.241 e. The highest BCUT2D eigenvalue weighted by molar-refractivity contribution is 7.98. The molecular formula is C13H14FN3S. The number of thioether (sulfide) groups is 1. The maximum absolute atomic E-state index is 12.3. The summed E-state index contributed by atoms with van der Waals surface area (Å²) in [7, 11) is 0. The van der Waals surface area contributed by atoms with Gasteiger partial charge in [-0.2, -0.15) is 0 Å². The Labute approximate surface area is 109 Å². The molecule has 0 fully saturated rings. The Morgan fingerprint density at radius 1 is 1.39 bits per heavy atom. The summed E-state index contributed by atoms with van der Waals surface area (Å²) in [5.74, 6) is 1.34. The van der Waals surface area contributed by atoms with Crippen molar-refractivity contribution in [1.29, 1.82) is 0 Å². The highest BCUT2D eigenvalue weighted by Crippen LogP contribution is 2.38. The molecule has 2 heterocycles. The van der Waals surface area contributed by atoms with Gasteiger partial charge in [0.25, 0.3) is 0 Å². The van der Waals surface area contributed by atoms with Crippen molar-refractivity contribution in [2.24, 2.45) is 0 Å². The van der Waals surface area contributed by atoms with Crippen LogP contribution >= 0.6 is 11.8 Å². The number of fused-ring (bicyclic) bond motifs is 1. The van der Waals surface area contributed by atoms with E-state index in [2.05, 4.69) is 29.1 Å². The molecule has 2 atom stereocenters. The third-order valence-electron chi connectivity index (χ3n) is 3.32. The summed E-state index contributed by atoms with van der Waals surface area (Å²) >= 11 is 1.05. The van der Waals surface area contributed by atoms with E-state index in [1.807, 2.05) is 22.9 Å². The molecule has 3 rings (SSSR count). The van der Waals surface area contributed by atoms with Crippen molar-refractivity contribution in [2.75, 3.05) is 6.01 Å². The summed E-state index contributed by atoms with van der Waals surface area (Å²) < 4.78 is 14.3. The molecule has 1 aliphatic rings. The normalized spacial score (nSPS) is 22.1. The molecule has 2 aromatic rings. The second-order valence-corrected chi connectivity index (χ2v) is 5.39. The first-order valence-electron chi connectivity index (χ1n) is 5.99. The second-order valence-electron chi connectivity index (χ2n) is 4.51. The number of benzene rings is 1. The van der Waals surface area contributed by atoms with Crippen molar-refractivity contribution >= 4 is 11.8 Å². The van der Waals surface area contributed by atoms with Crippen LogP contribution in [0.15, 0.2) is 35.5 Å². The molecule has 1 aromatic carbocycles. The lowest BCUT2D eigenvalue weighted by Gasteiger charge is -2.11. The van der Waals surface area contributed by atoms with Crippen molar-refractivity contribution in [2.45, 2.75) is 30.5 Å². The largest absolute Gasteiger partial charge is 0.241 e. The Balaban J connectivity index is 1.97. The number of aromatic nitrogens is 3. The molecule has 0 saturated heterocycles. The lowest BCUT2D eigenvalue weighted by Crippen LogP contribution is -2.07. The molecule has 3 nitrogen and oxygen atoms in total. The van der Waals surface area contributed by atoms with E-state index >= 15 is 0 Å². The van der Waals surface area contributed by atoms with Gasteiger partial charge in [0.15, 0.2) is 0 Å². The van der Waals surface area contributed by atoms with Gasteiger partial charge in [-0.15, -0.1) is 5.10 Å². The molecular weight excluding hydrogens is 249 g/mol. The topological polar surface area (TPSA) is 30.7 Å². The van der Waals surface area contributed by atoms with Crippen molar-refractivity contribution in [3.8, 4) is 0 Å². The highest BCUT2D eigenvalue weighted by Gasteiger charge is 2.32. The Morgan fingerprint density at radius 2 is 2.17 bits per heavy atom.